The molecule has 0 aliphatic carbocycles. The zero-order chi connectivity index (χ0) is 16.3. The molecule has 0 aromatic heterocycles. The zero-order valence-corrected chi connectivity index (χ0v) is 16.3. The molecular weight excluding hydrogens is 503 g/mol. The SMILES string of the molecule is O=C(NN=Cc1cc(Br)c(O)c(Br)c1)c1ccc(Br)c(Cl)c1. The van der Waals surface area contributed by atoms with E-state index in [9.17, 15) is 9.90 Å². The van der Waals surface area contributed by atoms with E-state index >= 15 is 0 Å². The lowest BCUT2D eigenvalue weighted by atomic mass is 10.2. The van der Waals surface area contributed by atoms with Gasteiger partial charge in [-0.2, -0.15) is 5.10 Å². The Bertz CT molecular complexity index is 743. The lowest BCUT2D eigenvalue weighted by Crippen LogP contribution is -2.17. The number of aromatic hydroxyl groups is 1. The number of carbonyl (C=O) groups excluding carboxylic acids is 1. The second-order valence-corrected chi connectivity index (χ2v) is 7.13. The highest BCUT2D eigenvalue weighted by Crippen LogP contribution is 2.32. The van der Waals surface area contributed by atoms with Gasteiger partial charge >= 0.3 is 0 Å². The van der Waals surface area contributed by atoms with Gasteiger partial charge in [-0.3, -0.25) is 4.79 Å². The van der Waals surface area contributed by atoms with Crippen molar-refractivity contribution in [2.45, 2.75) is 0 Å². The molecule has 0 aliphatic heterocycles. The van der Waals surface area contributed by atoms with Crippen molar-refractivity contribution in [3.63, 3.8) is 0 Å². The third-order valence-electron chi connectivity index (χ3n) is 2.60. The quantitative estimate of drug-likeness (QED) is 0.445. The molecule has 0 radical (unpaired) electrons. The van der Waals surface area contributed by atoms with Crippen molar-refractivity contribution in [1.82, 2.24) is 5.43 Å². The van der Waals surface area contributed by atoms with Crippen LogP contribution >= 0.6 is 59.4 Å². The van der Waals surface area contributed by atoms with E-state index < -0.39 is 0 Å². The molecule has 114 valence electrons. The van der Waals surface area contributed by atoms with Crippen molar-refractivity contribution in [3.05, 3.63) is 59.9 Å². The molecule has 1 amide bonds. The first-order valence-corrected chi connectivity index (χ1v) is 8.60. The van der Waals surface area contributed by atoms with Crippen LogP contribution in [0.2, 0.25) is 5.02 Å². The molecule has 0 saturated carbocycles. The molecule has 4 nitrogen and oxygen atoms in total. The van der Waals surface area contributed by atoms with Gasteiger partial charge in [-0.15, -0.1) is 0 Å². The Morgan fingerprint density at radius 3 is 2.36 bits per heavy atom. The molecular formula is C14H8Br3ClN2O2. The summed E-state index contributed by atoms with van der Waals surface area (Å²) in [5.74, 6) is -0.270. The Morgan fingerprint density at radius 1 is 1.14 bits per heavy atom. The summed E-state index contributed by atoms with van der Waals surface area (Å²) in [6, 6.07) is 8.21. The molecule has 2 rings (SSSR count). The molecule has 2 aromatic carbocycles. The number of nitrogens with zero attached hydrogens (tertiary/aromatic N) is 1. The average Bonchev–Trinajstić information content (AvgIpc) is 2.47. The third-order valence-corrected chi connectivity index (χ3v) is 5.04. The fraction of sp³-hybridized carbons (Fsp3) is 0. The van der Waals surface area contributed by atoms with E-state index in [1.54, 1.807) is 30.3 Å². The largest absolute Gasteiger partial charge is 0.506 e. The monoisotopic (exact) mass is 508 g/mol. The number of benzene rings is 2. The second kappa shape index (κ2) is 7.59. The van der Waals surface area contributed by atoms with Crippen LogP contribution in [0.1, 0.15) is 15.9 Å². The van der Waals surface area contributed by atoms with Crippen LogP contribution in [0, 0.1) is 0 Å². The maximum atomic E-state index is 11.9. The maximum Gasteiger partial charge on any atom is 0.271 e. The summed E-state index contributed by atoms with van der Waals surface area (Å²) in [6.45, 7) is 0. The summed E-state index contributed by atoms with van der Waals surface area (Å²) in [5.41, 5.74) is 3.51. The molecule has 0 unspecified atom stereocenters. The molecule has 0 spiro atoms. The Hall–Kier alpha value is -0.890. The van der Waals surface area contributed by atoms with Crippen LogP contribution in [-0.2, 0) is 0 Å². The van der Waals surface area contributed by atoms with Gasteiger partial charge in [0.25, 0.3) is 5.91 Å². The Kier molecular flexibility index (Phi) is 6.02. The Balaban J connectivity index is 2.09. The highest BCUT2D eigenvalue weighted by atomic mass is 79.9. The van der Waals surface area contributed by atoms with E-state index in [0.29, 0.717) is 29.6 Å². The van der Waals surface area contributed by atoms with Gasteiger partial charge in [0.15, 0.2) is 0 Å². The highest BCUT2D eigenvalue weighted by molar-refractivity contribution is 9.11. The minimum atomic E-state index is -0.373. The van der Waals surface area contributed by atoms with E-state index in [0.717, 1.165) is 0 Å². The molecule has 22 heavy (non-hydrogen) atoms. The van der Waals surface area contributed by atoms with Gasteiger partial charge in [-0.1, -0.05) is 11.6 Å². The number of hydrazone groups is 1. The Morgan fingerprint density at radius 2 is 1.77 bits per heavy atom. The number of halogens is 4. The molecule has 0 atom stereocenters. The van der Waals surface area contributed by atoms with Gasteiger partial charge < -0.3 is 5.11 Å². The number of nitrogens with one attached hydrogen (secondary N) is 1. The van der Waals surface area contributed by atoms with Crippen LogP contribution < -0.4 is 5.43 Å². The van der Waals surface area contributed by atoms with Crippen LogP contribution in [0.5, 0.6) is 5.75 Å². The first-order chi connectivity index (χ1) is 10.4. The third kappa shape index (κ3) is 4.32. The molecule has 0 saturated heterocycles. The number of hydrogen-bond acceptors (Lipinski definition) is 3. The average molecular weight is 511 g/mol. The summed E-state index contributed by atoms with van der Waals surface area (Å²) >= 11 is 15.6. The van der Waals surface area contributed by atoms with Gasteiger partial charge in [0.2, 0.25) is 0 Å². The standard InChI is InChI=1S/C14H8Br3ClN2O2/c15-9-2-1-8(5-12(9)18)14(22)20-19-6-7-3-10(16)13(21)11(17)4-7/h1-6,21H,(H,20,22). The van der Waals surface area contributed by atoms with Gasteiger partial charge in [0.1, 0.15) is 5.75 Å². The molecule has 2 N–H and O–H groups in total. The minimum absolute atomic E-state index is 0.102. The summed E-state index contributed by atoms with van der Waals surface area (Å²) in [7, 11) is 0. The molecule has 0 fully saturated rings. The summed E-state index contributed by atoms with van der Waals surface area (Å²) in [6.07, 6.45) is 1.47. The second-order valence-electron chi connectivity index (χ2n) is 4.16. The van der Waals surface area contributed by atoms with Gasteiger partial charge in [-0.25, -0.2) is 5.43 Å². The van der Waals surface area contributed by atoms with Crippen LogP contribution in [-0.4, -0.2) is 17.2 Å². The first kappa shape index (κ1) is 17.5. The lowest BCUT2D eigenvalue weighted by Gasteiger charge is -2.03. The van der Waals surface area contributed by atoms with Crippen molar-refractivity contribution in [3.8, 4) is 5.75 Å². The molecule has 8 heteroatoms. The highest BCUT2D eigenvalue weighted by Gasteiger charge is 2.07. The normalized spacial score (nSPS) is 10.9. The van der Waals surface area contributed by atoms with Crippen LogP contribution in [0.3, 0.4) is 0 Å². The summed E-state index contributed by atoms with van der Waals surface area (Å²) < 4.78 is 1.76. The number of phenolic OH excluding ortho intramolecular Hbond substituents is 1. The maximum absolute atomic E-state index is 11.9. The van der Waals surface area contributed by atoms with E-state index in [2.05, 4.69) is 58.3 Å². The van der Waals surface area contributed by atoms with E-state index in [1.807, 2.05) is 0 Å². The van der Waals surface area contributed by atoms with Crippen LogP contribution in [0.4, 0.5) is 0 Å². The predicted octanol–water partition coefficient (Wildman–Crippen LogP) is 5.10. The van der Waals surface area contributed by atoms with Crippen LogP contribution in [0.15, 0.2) is 48.9 Å². The van der Waals surface area contributed by atoms with E-state index in [1.165, 1.54) is 6.21 Å². The number of carbonyl (C=O) groups is 1. The first-order valence-electron chi connectivity index (χ1n) is 5.85. The van der Waals surface area contributed by atoms with Crippen molar-refractivity contribution in [2.24, 2.45) is 5.10 Å². The zero-order valence-electron chi connectivity index (χ0n) is 10.8. The number of rotatable bonds is 3. The van der Waals surface area contributed by atoms with Crippen molar-refractivity contribution in [1.29, 1.82) is 0 Å². The number of hydrogen-bond donors (Lipinski definition) is 2. The molecule has 2 aromatic rings. The van der Waals surface area contributed by atoms with Crippen molar-refractivity contribution < 1.29 is 9.90 Å². The van der Waals surface area contributed by atoms with Gasteiger partial charge in [0, 0.05) is 10.0 Å². The van der Waals surface area contributed by atoms with Gasteiger partial charge in [-0.05, 0) is 83.7 Å². The molecule has 0 bridgehead atoms. The number of phenols is 1. The Labute approximate surface area is 156 Å². The fourth-order valence-corrected chi connectivity index (χ4v) is 3.18. The van der Waals surface area contributed by atoms with Crippen molar-refractivity contribution >= 4 is 71.5 Å². The summed E-state index contributed by atoms with van der Waals surface area (Å²) in [5, 5.41) is 13.9. The van der Waals surface area contributed by atoms with Crippen LogP contribution in [0.25, 0.3) is 0 Å². The van der Waals surface area contributed by atoms with E-state index in [4.69, 9.17) is 11.6 Å². The predicted molar refractivity (Wildman–Crippen MR) is 97.7 cm³/mol. The number of amides is 1. The van der Waals surface area contributed by atoms with Crippen molar-refractivity contribution in [2.75, 3.05) is 0 Å². The topological polar surface area (TPSA) is 61.7 Å². The minimum Gasteiger partial charge on any atom is -0.506 e. The fourth-order valence-electron chi connectivity index (χ4n) is 1.53. The summed E-state index contributed by atoms with van der Waals surface area (Å²) in [4.78, 5) is 11.9. The smallest absolute Gasteiger partial charge is 0.271 e. The lowest BCUT2D eigenvalue weighted by molar-refractivity contribution is 0.0955. The van der Waals surface area contributed by atoms with E-state index in [-0.39, 0.29) is 11.7 Å². The molecule has 0 heterocycles. The van der Waals surface area contributed by atoms with Gasteiger partial charge in [0.05, 0.1) is 20.2 Å². The molecule has 0 aliphatic rings.